The van der Waals surface area contributed by atoms with Crippen LogP contribution >= 0.6 is 0 Å². The van der Waals surface area contributed by atoms with Crippen LogP contribution in [0.25, 0.3) is 0 Å². The van der Waals surface area contributed by atoms with E-state index in [1.54, 1.807) is 7.11 Å². The van der Waals surface area contributed by atoms with Crippen molar-refractivity contribution in [2.45, 2.75) is 13.0 Å². The molecule has 4 nitrogen and oxygen atoms in total. The van der Waals surface area contributed by atoms with Crippen LogP contribution < -0.4 is 10.1 Å². The maximum Gasteiger partial charge on any atom is 0.234 e. The van der Waals surface area contributed by atoms with Gasteiger partial charge in [-0.2, -0.15) is 0 Å². The summed E-state index contributed by atoms with van der Waals surface area (Å²) in [6.45, 7) is 3.06. The first-order chi connectivity index (χ1) is 8.28. The average Bonchev–Trinajstić information content (AvgIpc) is 2.55. The zero-order chi connectivity index (χ0) is 12.1. The first-order valence-corrected chi connectivity index (χ1v) is 5.90. The standard InChI is InChI=1S/C13H18N2O2/c1-17-12-5-3-11(4-6-12)9-15-8-2-7-14-13(16)10-15/h3-6H,2,7-10H2,1H3,(H,14,16). The SMILES string of the molecule is COc1ccc(CN2CCCNC(=O)C2)cc1. The third-order valence-electron chi connectivity index (χ3n) is 2.91. The predicted molar refractivity (Wildman–Crippen MR) is 65.9 cm³/mol. The van der Waals surface area contributed by atoms with E-state index in [0.717, 1.165) is 31.8 Å². The van der Waals surface area contributed by atoms with Crippen LogP contribution in [0.15, 0.2) is 24.3 Å². The summed E-state index contributed by atoms with van der Waals surface area (Å²) in [5, 5.41) is 2.88. The number of nitrogens with one attached hydrogen (secondary N) is 1. The molecule has 1 N–H and O–H groups in total. The lowest BCUT2D eigenvalue weighted by atomic mass is 10.2. The molecule has 0 unspecified atom stereocenters. The van der Waals surface area contributed by atoms with Gasteiger partial charge in [-0.05, 0) is 24.1 Å². The predicted octanol–water partition coefficient (Wildman–Crippen LogP) is 1.02. The van der Waals surface area contributed by atoms with E-state index in [-0.39, 0.29) is 5.91 Å². The van der Waals surface area contributed by atoms with Gasteiger partial charge < -0.3 is 10.1 Å². The van der Waals surface area contributed by atoms with Crippen molar-refractivity contribution in [1.29, 1.82) is 0 Å². The molecule has 0 bridgehead atoms. The molecular weight excluding hydrogens is 216 g/mol. The molecule has 0 atom stereocenters. The second kappa shape index (κ2) is 5.68. The van der Waals surface area contributed by atoms with E-state index in [9.17, 15) is 4.79 Å². The first kappa shape index (κ1) is 11.9. The van der Waals surface area contributed by atoms with Crippen molar-refractivity contribution in [3.8, 4) is 5.75 Å². The molecule has 1 heterocycles. The minimum atomic E-state index is 0.121. The van der Waals surface area contributed by atoms with Crippen molar-refractivity contribution in [1.82, 2.24) is 10.2 Å². The van der Waals surface area contributed by atoms with Crippen molar-refractivity contribution in [3.63, 3.8) is 0 Å². The van der Waals surface area contributed by atoms with Crippen molar-refractivity contribution in [2.24, 2.45) is 0 Å². The lowest BCUT2D eigenvalue weighted by Gasteiger charge is -2.18. The van der Waals surface area contributed by atoms with Gasteiger partial charge in [-0.1, -0.05) is 12.1 Å². The van der Waals surface area contributed by atoms with E-state index in [4.69, 9.17) is 4.74 Å². The molecule has 1 saturated heterocycles. The summed E-state index contributed by atoms with van der Waals surface area (Å²) in [4.78, 5) is 13.6. The Kier molecular flexibility index (Phi) is 3.98. The molecule has 4 heteroatoms. The molecule has 1 aliphatic heterocycles. The molecule has 0 aromatic heterocycles. The van der Waals surface area contributed by atoms with Gasteiger partial charge in [0.05, 0.1) is 13.7 Å². The average molecular weight is 234 g/mol. The van der Waals surface area contributed by atoms with Crippen molar-refractivity contribution in [2.75, 3.05) is 26.7 Å². The van der Waals surface area contributed by atoms with Gasteiger partial charge in [0, 0.05) is 19.6 Å². The Hall–Kier alpha value is -1.55. The fourth-order valence-corrected chi connectivity index (χ4v) is 1.99. The molecule has 17 heavy (non-hydrogen) atoms. The number of ether oxygens (including phenoxy) is 1. The van der Waals surface area contributed by atoms with Gasteiger partial charge >= 0.3 is 0 Å². The Labute approximate surface area is 102 Å². The molecule has 1 fully saturated rings. The number of carbonyl (C=O) groups excluding carboxylic acids is 1. The Morgan fingerprint density at radius 3 is 2.82 bits per heavy atom. The molecule has 0 spiro atoms. The summed E-state index contributed by atoms with van der Waals surface area (Å²) in [7, 11) is 1.66. The van der Waals surface area contributed by atoms with E-state index < -0.39 is 0 Å². The van der Waals surface area contributed by atoms with Gasteiger partial charge in [0.1, 0.15) is 5.75 Å². The monoisotopic (exact) mass is 234 g/mol. The van der Waals surface area contributed by atoms with Crippen LogP contribution in [0.4, 0.5) is 0 Å². The van der Waals surface area contributed by atoms with Crippen molar-refractivity contribution < 1.29 is 9.53 Å². The van der Waals surface area contributed by atoms with Crippen LogP contribution in [0, 0.1) is 0 Å². The minimum Gasteiger partial charge on any atom is -0.497 e. The largest absolute Gasteiger partial charge is 0.497 e. The van der Waals surface area contributed by atoms with Gasteiger partial charge in [0.15, 0.2) is 0 Å². The second-order valence-electron chi connectivity index (χ2n) is 4.26. The highest BCUT2D eigenvalue weighted by Gasteiger charge is 2.14. The number of amides is 1. The molecule has 2 rings (SSSR count). The highest BCUT2D eigenvalue weighted by Crippen LogP contribution is 2.13. The quantitative estimate of drug-likeness (QED) is 0.849. The summed E-state index contributed by atoms with van der Waals surface area (Å²) in [6, 6.07) is 7.99. The number of benzene rings is 1. The molecule has 0 saturated carbocycles. The molecular formula is C13H18N2O2. The lowest BCUT2D eigenvalue weighted by molar-refractivity contribution is -0.121. The van der Waals surface area contributed by atoms with E-state index in [1.807, 2.05) is 24.3 Å². The number of hydrogen-bond donors (Lipinski definition) is 1. The third-order valence-corrected chi connectivity index (χ3v) is 2.91. The van der Waals surface area contributed by atoms with Gasteiger partial charge in [-0.3, -0.25) is 9.69 Å². The van der Waals surface area contributed by atoms with Crippen LogP contribution in [0.1, 0.15) is 12.0 Å². The van der Waals surface area contributed by atoms with Crippen molar-refractivity contribution >= 4 is 5.91 Å². The summed E-state index contributed by atoms with van der Waals surface area (Å²) in [5.74, 6) is 0.985. The number of carbonyl (C=O) groups is 1. The molecule has 0 radical (unpaired) electrons. The van der Waals surface area contributed by atoms with Crippen LogP contribution in [0.5, 0.6) is 5.75 Å². The third kappa shape index (κ3) is 3.46. The van der Waals surface area contributed by atoms with Gasteiger partial charge in [0.2, 0.25) is 5.91 Å². The van der Waals surface area contributed by atoms with Crippen molar-refractivity contribution in [3.05, 3.63) is 29.8 Å². The normalized spacial score (nSPS) is 17.4. The smallest absolute Gasteiger partial charge is 0.234 e. The highest BCUT2D eigenvalue weighted by atomic mass is 16.5. The zero-order valence-corrected chi connectivity index (χ0v) is 10.1. The van der Waals surface area contributed by atoms with Crippen LogP contribution in [0.3, 0.4) is 0 Å². The van der Waals surface area contributed by atoms with Gasteiger partial charge in [0.25, 0.3) is 0 Å². The first-order valence-electron chi connectivity index (χ1n) is 5.90. The maximum absolute atomic E-state index is 11.4. The summed E-state index contributed by atoms with van der Waals surface area (Å²) < 4.78 is 5.12. The molecule has 0 aliphatic carbocycles. The number of hydrogen-bond acceptors (Lipinski definition) is 3. The van der Waals surface area contributed by atoms with Gasteiger partial charge in [-0.15, -0.1) is 0 Å². The fourth-order valence-electron chi connectivity index (χ4n) is 1.99. The topological polar surface area (TPSA) is 41.6 Å². The van der Waals surface area contributed by atoms with Gasteiger partial charge in [-0.25, -0.2) is 0 Å². The number of methoxy groups -OCH3 is 1. The minimum absolute atomic E-state index is 0.121. The van der Waals surface area contributed by atoms with E-state index >= 15 is 0 Å². The zero-order valence-electron chi connectivity index (χ0n) is 10.1. The van der Waals surface area contributed by atoms with Crippen LogP contribution in [-0.4, -0.2) is 37.6 Å². The second-order valence-corrected chi connectivity index (χ2v) is 4.26. The molecule has 1 aliphatic rings. The van der Waals surface area contributed by atoms with Crippen LogP contribution in [0.2, 0.25) is 0 Å². The Balaban J connectivity index is 1.96. The Morgan fingerprint density at radius 2 is 2.12 bits per heavy atom. The van der Waals surface area contributed by atoms with E-state index in [0.29, 0.717) is 6.54 Å². The van der Waals surface area contributed by atoms with E-state index in [1.165, 1.54) is 5.56 Å². The number of rotatable bonds is 3. The van der Waals surface area contributed by atoms with E-state index in [2.05, 4.69) is 10.2 Å². The maximum atomic E-state index is 11.4. The lowest BCUT2D eigenvalue weighted by Crippen LogP contribution is -2.32. The summed E-state index contributed by atoms with van der Waals surface area (Å²) >= 11 is 0. The summed E-state index contributed by atoms with van der Waals surface area (Å²) in [6.07, 6.45) is 1.02. The van der Waals surface area contributed by atoms with Crippen LogP contribution in [-0.2, 0) is 11.3 Å². The Morgan fingerprint density at radius 1 is 1.35 bits per heavy atom. The summed E-state index contributed by atoms with van der Waals surface area (Å²) in [5.41, 5.74) is 1.21. The molecule has 1 aromatic rings. The fraction of sp³-hybridized carbons (Fsp3) is 0.462. The molecule has 1 amide bonds. The Bertz CT molecular complexity index is 376. The number of nitrogens with zero attached hydrogens (tertiary/aromatic N) is 1. The molecule has 1 aromatic carbocycles. The highest BCUT2D eigenvalue weighted by molar-refractivity contribution is 5.78. The molecule has 92 valence electrons.